The van der Waals surface area contributed by atoms with Crippen LogP contribution in [0, 0.1) is 11.3 Å². The number of carbonyl (C=O) groups is 1. The number of hydrogen-bond donors (Lipinski definition) is 1. The highest BCUT2D eigenvalue weighted by molar-refractivity contribution is 7.99. The Hall–Kier alpha value is -3.18. The van der Waals surface area contributed by atoms with Crippen LogP contribution in [0.2, 0.25) is 0 Å². The summed E-state index contributed by atoms with van der Waals surface area (Å²) >= 11 is 1.33. The minimum atomic E-state index is -0.712. The summed E-state index contributed by atoms with van der Waals surface area (Å²) in [6, 6.07) is 16.2. The largest absolute Gasteiger partial charge is 0.337 e. The number of amides is 1. The summed E-state index contributed by atoms with van der Waals surface area (Å²) in [6.45, 7) is 0.587. The topological polar surface area (TPSA) is 96.5 Å². The van der Waals surface area contributed by atoms with Crippen LogP contribution < -0.4 is 5.32 Å². The highest BCUT2D eigenvalue weighted by Gasteiger charge is 2.35. The molecule has 4 rings (SSSR count). The fourth-order valence-corrected chi connectivity index (χ4v) is 4.43. The fraction of sp³-hybridized carbons (Fsp3) is 0.318. The summed E-state index contributed by atoms with van der Waals surface area (Å²) in [5.41, 5.74) is 1.27. The van der Waals surface area contributed by atoms with Crippen LogP contribution >= 0.6 is 11.8 Å². The minimum Gasteiger partial charge on any atom is -0.337 e. The number of hydrogen-bond acceptors (Lipinski definition) is 6. The van der Waals surface area contributed by atoms with Crippen molar-refractivity contribution in [3.05, 3.63) is 60.4 Å². The Morgan fingerprint density at radius 1 is 1.17 bits per heavy atom. The summed E-state index contributed by atoms with van der Waals surface area (Å²) in [6.07, 6.45) is 6.85. The Bertz CT molecular complexity index is 1040. The van der Waals surface area contributed by atoms with E-state index in [1.165, 1.54) is 11.8 Å². The molecule has 0 saturated heterocycles. The molecule has 1 N–H and O–H groups in total. The molecule has 8 heteroatoms. The zero-order chi connectivity index (χ0) is 20.8. The second-order valence-electron chi connectivity index (χ2n) is 7.36. The van der Waals surface area contributed by atoms with E-state index in [4.69, 9.17) is 0 Å². The van der Waals surface area contributed by atoms with E-state index in [9.17, 15) is 10.1 Å². The number of nitrogens with one attached hydrogen (secondary N) is 1. The van der Waals surface area contributed by atoms with Crippen molar-refractivity contribution in [2.75, 3.05) is 5.75 Å². The van der Waals surface area contributed by atoms with Gasteiger partial charge in [0.15, 0.2) is 11.0 Å². The lowest BCUT2D eigenvalue weighted by Gasteiger charge is -2.21. The highest BCUT2D eigenvalue weighted by Crippen LogP contribution is 2.29. The van der Waals surface area contributed by atoms with Crippen molar-refractivity contribution < 1.29 is 4.79 Å². The Balaban J connectivity index is 1.53. The van der Waals surface area contributed by atoms with E-state index in [0.717, 1.165) is 36.8 Å². The molecule has 0 aliphatic heterocycles. The van der Waals surface area contributed by atoms with Crippen LogP contribution in [0.1, 0.15) is 31.2 Å². The standard InChI is InChI=1S/C22H22N6OS/c23-16-22(10-4-5-11-22)25-19(29)15-30-21-27-26-20(18-9-6-12-24-13-18)28(21)14-17-7-2-1-3-8-17/h1-3,6-9,12-13H,4-5,10-11,14-15H2,(H,25,29). The Labute approximate surface area is 179 Å². The molecule has 1 aliphatic carbocycles. The predicted molar refractivity (Wildman–Crippen MR) is 114 cm³/mol. The lowest BCUT2D eigenvalue weighted by molar-refractivity contribution is -0.119. The van der Waals surface area contributed by atoms with Crippen molar-refractivity contribution in [3.8, 4) is 17.5 Å². The van der Waals surface area contributed by atoms with Crippen molar-refractivity contribution in [1.29, 1.82) is 5.26 Å². The maximum atomic E-state index is 12.5. The molecule has 1 amide bonds. The van der Waals surface area contributed by atoms with Crippen LogP contribution in [0.4, 0.5) is 0 Å². The lowest BCUT2D eigenvalue weighted by Crippen LogP contribution is -2.45. The molecular weight excluding hydrogens is 396 g/mol. The van der Waals surface area contributed by atoms with E-state index >= 15 is 0 Å². The van der Waals surface area contributed by atoms with Gasteiger partial charge in [-0.3, -0.25) is 14.3 Å². The predicted octanol–water partition coefficient (Wildman–Crippen LogP) is 3.43. The Kier molecular flexibility index (Phi) is 6.10. The van der Waals surface area contributed by atoms with Gasteiger partial charge in [-0.15, -0.1) is 10.2 Å². The molecule has 1 saturated carbocycles. The van der Waals surface area contributed by atoms with Gasteiger partial charge in [-0.25, -0.2) is 0 Å². The van der Waals surface area contributed by atoms with Gasteiger partial charge in [0, 0.05) is 18.0 Å². The van der Waals surface area contributed by atoms with Gasteiger partial charge in [-0.2, -0.15) is 5.26 Å². The van der Waals surface area contributed by atoms with Gasteiger partial charge in [0.2, 0.25) is 5.91 Å². The van der Waals surface area contributed by atoms with E-state index < -0.39 is 5.54 Å². The van der Waals surface area contributed by atoms with E-state index in [1.54, 1.807) is 12.4 Å². The first-order chi connectivity index (χ1) is 14.7. The number of rotatable bonds is 7. The van der Waals surface area contributed by atoms with Gasteiger partial charge in [0.1, 0.15) is 5.54 Å². The van der Waals surface area contributed by atoms with E-state index in [-0.39, 0.29) is 11.7 Å². The van der Waals surface area contributed by atoms with Crippen molar-refractivity contribution in [3.63, 3.8) is 0 Å². The zero-order valence-electron chi connectivity index (χ0n) is 16.5. The smallest absolute Gasteiger partial charge is 0.231 e. The number of aromatic nitrogens is 4. The Morgan fingerprint density at radius 2 is 1.97 bits per heavy atom. The third-order valence-corrected chi connectivity index (χ3v) is 6.17. The molecule has 0 atom stereocenters. The molecule has 1 fully saturated rings. The first kappa shape index (κ1) is 20.1. The van der Waals surface area contributed by atoms with Crippen LogP contribution in [-0.2, 0) is 11.3 Å². The van der Waals surface area contributed by atoms with Crippen LogP contribution in [0.15, 0.2) is 60.0 Å². The molecule has 30 heavy (non-hydrogen) atoms. The number of nitrogens with zero attached hydrogens (tertiary/aromatic N) is 5. The average Bonchev–Trinajstić information content (AvgIpc) is 3.41. The summed E-state index contributed by atoms with van der Waals surface area (Å²) in [5, 5.41) is 21.8. The fourth-order valence-electron chi connectivity index (χ4n) is 3.69. The number of nitriles is 1. The molecular formula is C22H22N6OS. The molecule has 3 aromatic rings. The first-order valence-electron chi connectivity index (χ1n) is 9.92. The molecule has 0 spiro atoms. The summed E-state index contributed by atoms with van der Waals surface area (Å²) in [5.74, 6) is 0.739. The first-order valence-corrected chi connectivity index (χ1v) is 10.9. The SMILES string of the molecule is N#CC1(NC(=O)CSc2nnc(-c3cccnc3)n2Cc2ccccc2)CCCC1. The number of pyridine rings is 1. The molecule has 1 aromatic carbocycles. The molecule has 1 aliphatic rings. The Morgan fingerprint density at radius 3 is 2.67 bits per heavy atom. The minimum absolute atomic E-state index is 0.152. The molecule has 152 valence electrons. The molecule has 0 bridgehead atoms. The maximum absolute atomic E-state index is 12.5. The highest BCUT2D eigenvalue weighted by atomic mass is 32.2. The molecule has 7 nitrogen and oxygen atoms in total. The summed E-state index contributed by atoms with van der Waals surface area (Å²) < 4.78 is 2.00. The zero-order valence-corrected chi connectivity index (χ0v) is 17.3. The second kappa shape index (κ2) is 9.09. The van der Waals surface area contributed by atoms with Crippen LogP contribution in [0.3, 0.4) is 0 Å². The molecule has 2 aromatic heterocycles. The van der Waals surface area contributed by atoms with Crippen molar-refractivity contribution >= 4 is 17.7 Å². The number of carbonyl (C=O) groups excluding carboxylic acids is 1. The number of thioether (sulfide) groups is 1. The van der Waals surface area contributed by atoms with Gasteiger partial charge in [-0.1, -0.05) is 42.1 Å². The van der Waals surface area contributed by atoms with E-state index in [0.29, 0.717) is 17.5 Å². The van der Waals surface area contributed by atoms with Gasteiger partial charge in [0.05, 0.1) is 18.4 Å². The van der Waals surface area contributed by atoms with Gasteiger partial charge < -0.3 is 5.32 Å². The maximum Gasteiger partial charge on any atom is 0.231 e. The third-order valence-electron chi connectivity index (χ3n) is 5.20. The molecule has 0 radical (unpaired) electrons. The van der Waals surface area contributed by atoms with Crippen molar-refractivity contribution in [2.45, 2.75) is 42.9 Å². The lowest BCUT2D eigenvalue weighted by atomic mass is 10.0. The van der Waals surface area contributed by atoms with Gasteiger partial charge >= 0.3 is 0 Å². The van der Waals surface area contributed by atoms with Gasteiger partial charge in [-0.05, 0) is 43.4 Å². The van der Waals surface area contributed by atoms with E-state index in [1.807, 2.05) is 47.0 Å². The van der Waals surface area contributed by atoms with E-state index in [2.05, 4.69) is 26.6 Å². The third kappa shape index (κ3) is 4.52. The van der Waals surface area contributed by atoms with Crippen LogP contribution in [0.25, 0.3) is 11.4 Å². The molecule has 2 heterocycles. The van der Waals surface area contributed by atoms with Crippen molar-refractivity contribution in [1.82, 2.24) is 25.1 Å². The van der Waals surface area contributed by atoms with Crippen LogP contribution in [0.5, 0.6) is 0 Å². The molecule has 0 unspecified atom stereocenters. The van der Waals surface area contributed by atoms with Crippen LogP contribution in [-0.4, -0.2) is 36.9 Å². The average molecular weight is 419 g/mol. The summed E-state index contributed by atoms with van der Waals surface area (Å²) in [7, 11) is 0. The normalized spacial score (nSPS) is 14.9. The second-order valence-corrected chi connectivity index (χ2v) is 8.30. The van der Waals surface area contributed by atoms with Crippen molar-refractivity contribution in [2.24, 2.45) is 0 Å². The quantitative estimate of drug-likeness (QED) is 0.591. The number of benzene rings is 1. The monoisotopic (exact) mass is 418 g/mol. The summed E-state index contributed by atoms with van der Waals surface area (Å²) in [4.78, 5) is 16.7. The van der Waals surface area contributed by atoms with Gasteiger partial charge in [0.25, 0.3) is 0 Å².